The Bertz CT molecular complexity index is 185. The van der Waals surface area contributed by atoms with Crippen LogP contribution in [0, 0.1) is 0 Å². The van der Waals surface area contributed by atoms with Crippen LogP contribution in [0.5, 0.6) is 0 Å². The van der Waals surface area contributed by atoms with Gasteiger partial charge in [0.2, 0.25) is 0 Å². The van der Waals surface area contributed by atoms with Crippen molar-refractivity contribution in [1.82, 2.24) is 0 Å². The van der Waals surface area contributed by atoms with E-state index in [2.05, 4.69) is 0 Å². The maximum atomic E-state index is 10.0. The molecule has 1 unspecified atom stereocenters. The molecule has 0 radical (unpaired) electrons. The molecule has 1 heterocycles. The van der Waals surface area contributed by atoms with Crippen molar-refractivity contribution < 1.29 is 4.79 Å². The van der Waals surface area contributed by atoms with E-state index in [1.54, 1.807) is 0 Å². The number of allylic oxidation sites excluding steroid dienone is 3. The van der Waals surface area contributed by atoms with E-state index in [4.69, 9.17) is 0 Å². The number of hydrogen-bond acceptors (Lipinski definition) is 1. The Morgan fingerprint density at radius 1 is 1.50 bits per heavy atom. The van der Waals surface area contributed by atoms with E-state index in [9.17, 15) is 4.79 Å². The van der Waals surface area contributed by atoms with Gasteiger partial charge in [-0.3, -0.25) is 0 Å². The summed E-state index contributed by atoms with van der Waals surface area (Å²) in [6, 6.07) is 0. The molecule has 8 heavy (non-hydrogen) atoms. The number of carbonyl (C=O) groups excluding carboxylic acids is 1. The second-order valence-corrected chi connectivity index (χ2v) is 4.86. The summed E-state index contributed by atoms with van der Waals surface area (Å²) >= 11 is -1.06. The van der Waals surface area contributed by atoms with Crippen LogP contribution in [0.3, 0.4) is 0 Å². The van der Waals surface area contributed by atoms with Crippen LogP contribution in [0.2, 0.25) is 5.32 Å². The van der Waals surface area contributed by atoms with Crippen LogP contribution in [0.25, 0.3) is 0 Å². The van der Waals surface area contributed by atoms with Crippen LogP contribution < -0.4 is 0 Å². The molecular weight excluding hydrogens is 167 g/mol. The molecule has 0 aromatic carbocycles. The Balaban J connectivity index is 2.80. The zero-order chi connectivity index (χ0) is 5.82. The Morgan fingerprint density at radius 3 is 2.75 bits per heavy atom. The van der Waals surface area contributed by atoms with Crippen LogP contribution in [-0.2, 0) is 4.79 Å². The molecular formula is C6H6OSe. The second-order valence-electron chi connectivity index (χ2n) is 1.44. The first-order valence-electron chi connectivity index (χ1n) is 2.34. The molecule has 0 fully saturated rings. The van der Waals surface area contributed by atoms with E-state index in [1.807, 2.05) is 28.0 Å². The van der Waals surface area contributed by atoms with E-state index >= 15 is 0 Å². The fourth-order valence-corrected chi connectivity index (χ4v) is 2.24. The van der Waals surface area contributed by atoms with E-state index in [0.717, 1.165) is 5.32 Å². The van der Waals surface area contributed by atoms with Gasteiger partial charge in [-0.05, 0) is 0 Å². The molecule has 0 N–H and O–H groups in total. The summed E-state index contributed by atoms with van der Waals surface area (Å²) in [5.74, 6) is 0. The summed E-state index contributed by atoms with van der Waals surface area (Å²) in [5.41, 5.74) is 0. The third-order valence-electron chi connectivity index (χ3n) is 0.873. The Kier molecular flexibility index (Phi) is 1.99. The summed E-state index contributed by atoms with van der Waals surface area (Å²) in [7, 11) is 0. The molecule has 1 aliphatic rings. The molecule has 0 amide bonds. The maximum absolute atomic E-state index is 10.0. The van der Waals surface area contributed by atoms with Gasteiger partial charge in [0, 0.05) is 0 Å². The van der Waals surface area contributed by atoms with Crippen LogP contribution in [0.15, 0.2) is 23.2 Å². The average molecular weight is 173 g/mol. The van der Waals surface area contributed by atoms with Crippen molar-refractivity contribution >= 4 is 18.2 Å². The van der Waals surface area contributed by atoms with Gasteiger partial charge in [-0.1, -0.05) is 0 Å². The predicted molar refractivity (Wildman–Crippen MR) is 34.5 cm³/mol. The molecule has 0 aromatic rings. The molecule has 1 atom stereocenters. The minimum absolute atomic E-state index is 0.944. The number of rotatable bonds is 0. The summed E-state index contributed by atoms with van der Waals surface area (Å²) < 4.78 is 0. The molecule has 0 saturated heterocycles. The first-order chi connectivity index (χ1) is 3.93. The zero-order valence-corrected chi connectivity index (χ0v) is 6.05. The molecule has 0 aliphatic carbocycles. The standard InChI is InChI=1S/C6H6OSe/c7-6-8-4-2-1-3-5-8/h1-4H,5H2. The van der Waals surface area contributed by atoms with Gasteiger partial charge in [0.25, 0.3) is 0 Å². The molecule has 42 valence electrons. The second kappa shape index (κ2) is 2.78. The summed E-state index contributed by atoms with van der Waals surface area (Å²) in [4.78, 5) is 14.0. The van der Waals surface area contributed by atoms with Gasteiger partial charge >= 0.3 is 51.6 Å². The van der Waals surface area contributed by atoms with E-state index in [-0.39, 0.29) is 0 Å². The van der Waals surface area contributed by atoms with Crippen LogP contribution in [0.1, 0.15) is 0 Å². The Hall–Kier alpha value is -0.421. The molecule has 2 heteroatoms. The van der Waals surface area contributed by atoms with Crippen molar-refractivity contribution in [3.8, 4) is 0 Å². The first kappa shape index (κ1) is 5.71. The fraction of sp³-hybridized carbons (Fsp3) is 0.167. The van der Waals surface area contributed by atoms with Gasteiger partial charge in [0.15, 0.2) is 0 Å². The van der Waals surface area contributed by atoms with Crippen molar-refractivity contribution in [2.24, 2.45) is 0 Å². The van der Waals surface area contributed by atoms with Crippen molar-refractivity contribution in [2.45, 2.75) is 5.32 Å². The third kappa shape index (κ3) is 1.28. The van der Waals surface area contributed by atoms with Crippen molar-refractivity contribution in [1.29, 1.82) is 0 Å². The summed E-state index contributed by atoms with van der Waals surface area (Å²) in [6.07, 6.45) is 5.92. The predicted octanol–water partition coefficient (Wildman–Crippen LogP) is 0.795. The normalized spacial score (nSPS) is 25.2. The van der Waals surface area contributed by atoms with Crippen LogP contribution in [0.4, 0.5) is 0 Å². The van der Waals surface area contributed by atoms with E-state index < -0.39 is 13.5 Å². The summed E-state index contributed by atoms with van der Waals surface area (Å²) in [6.45, 7) is 0. The zero-order valence-electron chi connectivity index (χ0n) is 4.33. The van der Waals surface area contributed by atoms with Crippen molar-refractivity contribution in [2.75, 3.05) is 0 Å². The average Bonchev–Trinajstić information content (AvgIpc) is 1.90. The Labute approximate surface area is 52.1 Å². The third-order valence-corrected chi connectivity index (χ3v) is 3.50. The van der Waals surface area contributed by atoms with E-state index in [0.29, 0.717) is 0 Å². The van der Waals surface area contributed by atoms with Crippen LogP contribution >= 0.6 is 0 Å². The van der Waals surface area contributed by atoms with Crippen molar-refractivity contribution in [3.63, 3.8) is 0 Å². The van der Waals surface area contributed by atoms with Gasteiger partial charge in [-0.15, -0.1) is 0 Å². The molecule has 1 aliphatic heterocycles. The van der Waals surface area contributed by atoms with Crippen LogP contribution in [-0.4, -0.2) is 18.2 Å². The monoisotopic (exact) mass is 174 g/mol. The minimum atomic E-state index is -1.06. The molecule has 0 saturated carbocycles. The molecule has 1 nitrogen and oxygen atoms in total. The molecule has 1 rings (SSSR count). The van der Waals surface area contributed by atoms with Crippen molar-refractivity contribution in [3.05, 3.63) is 23.2 Å². The van der Waals surface area contributed by atoms with Gasteiger partial charge < -0.3 is 0 Å². The fourth-order valence-electron chi connectivity index (χ4n) is 0.495. The Morgan fingerprint density at radius 2 is 2.38 bits per heavy atom. The quantitative estimate of drug-likeness (QED) is 0.495. The summed E-state index contributed by atoms with van der Waals surface area (Å²) in [5, 5.41) is 0.944. The van der Waals surface area contributed by atoms with Gasteiger partial charge in [-0.25, -0.2) is 0 Å². The van der Waals surface area contributed by atoms with Gasteiger partial charge in [0.1, 0.15) is 0 Å². The van der Waals surface area contributed by atoms with Gasteiger partial charge in [0.05, 0.1) is 0 Å². The molecule has 0 bridgehead atoms. The number of hydrogen-bond donors (Lipinski definition) is 0. The molecule has 0 spiro atoms. The molecule has 0 aromatic heterocycles. The SMILES string of the molecule is O=C=[Se]1C=CC=CC1. The van der Waals surface area contributed by atoms with E-state index in [1.165, 1.54) is 0 Å². The van der Waals surface area contributed by atoms with Gasteiger partial charge in [-0.2, -0.15) is 0 Å². The topological polar surface area (TPSA) is 17.1 Å². The first-order valence-corrected chi connectivity index (χ1v) is 5.40.